The van der Waals surface area contributed by atoms with Gasteiger partial charge < -0.3 is 10.0 Å². The van der Waals surface area contributed by atoms with Crippen LogP contribution < -0.4 is 0 Å². The van der Waals surface area contributed by atoms with Crippen molar-refractivity contribution >= 4 is 11.9 Å². The number of likely N-dealkylation sites (tertiary alicyclic amines) is 1. The molecule has 0 aromatic carbocycles. The number of terminal acetylenes is 1. The van der Waals surface area contributed by atoms with Crippen LogP contribution in [0.1, 0.15) is 12.8 Å². The molecule has 1 amide bonds. The molecule has 1 aliphatic carbocycles. The number of hydrogen-bond acceptors (Lipinski definition) is 2. The van der Waals surface area contributed by atoms with Gasteiger partial charge in [-0.15, -0.1) is 6.42 Å². The maximum atomic E-state index is 13.6. The number of carboxylic acid groups (broad SMARTS) is 1. The van der Waals surface area contributed by atoms with Crippen LogP contribution in [0.15, 0.2) is 0 Å². The predicted octanol–water partition coefficient (Wildman–Crippen LogP) is 1.21. The third-order valence-electron chi connectivity index (χ3n) is 3.83. The van der Waals surface area contributed by atoms with Crippen LogP contribution >= 0.6 is 0 Å². The highest BCUT2D eigenvalue weighted by atomic mass is 19.3. The van der Waals surface area contributed by atoms with Gasteiger partial charge in [0.1, 0.15) is 5.92 Å². The van der Waals surface area contributed by atoms with E-state index in [4.69, 9.17) is 11.5 Å². The Hall–Kier alpha value is -1.64. The molecule has 1 saturated heterocycles. The molecule has 6 heteroatoms. The molecule has 1 aliphatic heterocycles. The van der Waals surface area contributed by atoms with Crippen molar-refractivity contribution in [3.05, 3.63) is 0 Å². The molecular weight excluding hydrogens is 232 g/mol. The van der Waals surface area contributed by atoms with Crippen molar-refractivity contribution in [3.63, 3.8) is 0 Å². The van der Waals surface area contributed by atoms with Crippen LogP contribution in [0.25, 0.3) is 0 Å². The summed E-state index contributed by atoms with van der Waals surface area (Å²) in [6.45, 7) is 0.0541. The van der Waals surface area contributed by atoms with Crippen LogP contribution in [-0.4, -0.2) is 40.9 Å². The molecule has 17 heavy (non-hydrogen) atoms. The van der Waals surface area contributed by atoms with Crippen LogP contribution in [0.3, 0.4) is 0 Å². The van der Waals surface area contributed by atoms with Crippen molar-refractivity contribution in [3.8, 4) is 12.3 Å². The van der Waals surface area contributed by atoms with Gasteiger partial charge in [-0.05, 0) is 18.8 Å². The summed E-state index contributed by atoms with van der Waals surface area (Å²) in [6, 6.07) is 0. The number of rotatable bonds is 1. The van der Waals surface area contributed by atoms with Crippen molar-refractivity contribution in [2.75, 3.05) is 13.1 Å². The van der Waals surface area contributed by atoms with Gasteiger partial charge in [-0.1, -0.05) is 0 Å². The van der Waals surface area contributed by atoms with E-state index in [9.17, 15) is 18.4 Å². The Morgan fingerprint density at radius 3 is 2.29 bits per heavy atom. The van der Waals surface area contributed by atoms with Gasteiger partial charge in [0.25, 0.3) is 5.92 Å². The van der Waals surface area contributed by atoms with E-state index in [2.05, 4.69) is 0 Å². The second-order valence-electron chi connectivity index (χ2n) is 4.49. The summed E-state index contributed by atoms with van der Waals surface area (Å²) < 4.78 is 27.2. The lowest BCUT2D eigenvalue weighted by molar-refractivity contribution is -0.117. The number of alkyl halides is 2. The maximum absolute atomic E-state index is 13.6. The number of amides is 1. The molecule has 1 N–H and O–H groups in total. The first-order chi connectivity index (χ1) is 7.87. The molecule has 4 nitrogen and oxygen atoms in total. The second kappa shape index (κ2) is 3.42. The van der Waals surface area contributed by atoms with Gasteiger partial charge in [-0.2, -0.15) is 0 Å². The first-order valence-electron chi connectivity index (χ1n) is 5.23. The zero-order chi connectivity index (χ0) is 12.8. The third kappa shape index (κ3) is 1.42. The summed E-state index contributed by atoms with van der Waals surface area (Å²) in [4.78, 5) is 23.0. The van der Waals surface area contributed by atoms with Crippen LogP contribution in [0, 0.1) is 23.7 Å². The molecule has 92 valence electrons. The fourth-order valence-corrected chi connectivity index (χ4v) is 2.73. The van der Waals surface area contributed by atoms with Crippen molar-refractivity contribution < 1.29 is 23.5 Å². The minimum absolute atomic E-state index is 0.00954. The Balaban J connectivity index is 2.12. The van der Waals surface area contributed by atoms with Gasteiger partial charge in [0, 0.05) is 13.1 Å². The standard InChI is InChI=1S/C11H11F2NO3/c1-2-7(15)8-10(11(8,12)13)3-5-14(6-4-10)9(16)17/h1,8H,3-6H2,(H,16,17). The Bertz CT molecular complexity index is 419. The average molecular weight is 243 g/mol. The number of Topliss-reactive ketones (excluding diaryl/α,β-unsaturated/α-hetero) is 1. The molecule has 1 unspecified atom stereocenters. The molecule has 0 radical (unpaired) electrons. The largest absolute Gasteiger partial charge is 0.465 e. The van der Waals surface area contributed by atoms with E-state index in [1.54, 1.807) is 5.92 Å². The van der Waals surface area contributed by atoms with Gasteiger partial charge >= 0.3 is 6.09 Å². The lowest BCUT2D eigenvalue weighted by atomic mass is 9.89. The van der Waals surface area contributed by atoms with Gasteiger partial charge in [0.15, 0.2) is 0 Å². The van der Waals surface area contributed by atoms with E-state index in [0.29, 0.717) is 0 Å². The van der Waals surface area contributed by atoms with Crippen LogP contribution in [0.5, 0.6) is 0 Å². The number of halogens is 2. The first-order valence-corrected chi connectivity index (χ1v) is 5.23. The normalized spacial score (nSPS) is 28.5. The lowest BCUT2D eigenvalue weighted by Crippen LogP contribution is -2.40. The molecule has 1 heterocycles. The summed E-state index contributed by atoms with van der Waals surface area (Å²) in [5.74, 6) is -3.64. The fourth-order valence-electron chi connectivity index (χ4n) is 2.73. The number of nitrogens with zero attached hydrogens (tertiary/aromatic N) is 1. The molecule has 1 atom stereocenters. The zero-order valence-electron chi connectivity index (χ0n) is 8.95. The van der Waals surface area contributed by atoms with E-state index in [-0.39, 0.29) is 25.9 Å². The smallest absolute Gasteiger partial charge is 0.407 e. The first kappa shape index (κ1) is 11.8. The summed E-state index contributed by atoms with van der Waals surface area (Å²) in [6.07, 6.45) is 3.72. The highest BCUT2D eigenvalue weighted by Crippen LogP contribution is 2.70. The molecule has 2 rings (SSSR count). The molecular formula is C11H11F2NO3. The lowest BCUT2D eigenvalue weighted by Gasteiger charge is -2.30. The van der Waals surface area contributed by atoms with E-state index in [0.717, 1.165) is 4.90 Å². The Kier molecular flexibility index (Phi) is 2.38. The predicted molar refractivity (Wildman–Crippen MR) is 53.5 cm³/mol. The third-order valence-corrected chi connectivity index (χ3v) is 3.83. The van der Waals surface area contributed by atoms with Crippen molar-refractivity contribution in [1.29, 1.82) is 0 Å². The number of ketones is 1. The quantitative estimate of drug-likeness (QED) is 0.556. The van der Waals surface area contributed by atoms with Crippen LogP contribution in [0.2, 0.25) is 0 Å². The minimum atomic E-state index is -3.08. The summed E-state index contributed by atoms with van der Waals surface area (Å²) in [7, 11) is 0. The van der Waals surface area contributed by atoms with Gasteiger partial charge in [-0.3, -0.25) is 4.79 Å². The molecule has 0 aromatic rings. The van der Waals surface area contributed by atoms with Crippen molar-refractivity contribution in [2.45, 2.75) is 18.8 Å². The van der Waals surface area contributed by atoms with E-state index >= 15 is 0 Å². The maximum Gasteiger partial charge on any atom is 0.407 e. The summed E-state index contributed by atoms with van der Waals surface area (Å²) in [5, 5.41) is 8.72. The molecule has 2 fully saturated rings. The van der Waals surface area contributed by atoms with E-state index in [1.807, 2.05) is 0 Å². The fraction of sp³-hybridized carbons (Fsp3) is 0.636. The van der Waals surface area contributed by atoms with E-state index in [1.165, 1.54) is 0 Å². The molecule has 1 spiro atoms. The average Bonchev–Trinajstić information content (AvgIpc) is 2.74. The molecule has 2 aliphatic rings. The van der Waals surface area contributed by atoms with Gasteiger partial charge in [-0.25, -0.2) is 13.6 Å². The van der Waals surface area contributed by atoms with Gasteiger partial charge in [0.05, 0.1) is 5.41 Å². The summed E-state index contributed by atoms with van der Waals surface area (Å²) >= 11 is 0. The molecule has 1 saturated carbocycles. The number of carbonyl (C=O) groups excluding carboxylic acids is 1. The van der Waals surface area contributed by atoms with Crippen molar-refractivity contribution in [1.82, 2.24) is 4.90 Å². The number of piperidine rings is 1. The topological polar surface area (TPSA) is 57.6 Å². The minimum Gasteiger partial charge on any atom is -0.465 e. The highest BCUT2D eigenvalue weighted by Gasteiger charge is 2.82. The van der Waals surface area contributed by atoms with E-state index < -0.39 is 29.1 Å². The number of hydrogen-bond donors (Lipinski definition) is 1. The SMILES string of the molecule is C#CC(=O)C1C(F)(F)C12CCN(C(=O)O)CC2. The highest BCUT2D eigenvalue weighted by molar-refractivity contribution is 6.00. The number of carbonyl (C=O) groups is 2. The Morgan fingerprint density at radius 1 is 1.35 bits per heavy atom. The molecule has 0 bridgehead atoms. The van der Waals surface area contributed by atoms with Gasteiger partial charge in [0.2, 0.25) is 5.78 Å². The Labute approximate surface area is 96.6 Å². The Morgan fingerprint density at radius 2 is 1.88 bits per heavy atom. The molecule has 0 aromatic heterocycles. The van der Waals surface area contributed by atoms with Crippen LogP contribution in [-0.2, 0) is 4.79 Å². The van der Waals surface area contributed by atoms with Crippen LogP contribution in [0.4, 0.5) is 13.6 Å². The second-order valence-corrected chi connectivity index (χ2v) is 4.49. The monoisotopic (exact) mass is 243 g/mol. The zero-order valence-corrected chi connectivity index (χ0v) is 8.95. The summed E-state index contributed by atoms with van der Waals surface area (Å²) in [5.41, 5.74) is -1.40. The van der Waals surface area contributed by atoms with Crippen molar-refractivity contribution in [2.24, 2.45) is 11.3 Å².